The van der Waals surface area contributed by atoms with Crippen LogP contribution >= 0.6 is 23.2 Å². The van der Waals surface area contributed by atoms with Gasteiger partial charge in [0.1, 0.15) is 5.75 Å². The molecule has 21 heavy (non-hydrogen) atoms. The van der Waals surface area contributed by atoms with Crippen LogP contribution in [0.4, 0.5) is 0 Å². The molecule has 0 aromatic heterocycles. The van der Waals surface area contributed by atoms with Gasteiger partial charge in [0.15, 0.2) is 0 Å². The van der Waals surface area contributed by atoms with E-state index in [0.29, 0.717) is 26.9 Å². The van der Waals surface area contributed by atoms with E-state index in [1.807, 2.05) is 0 Å². The van der Waals surface area contributed by atoms with Gasteiger partial charge in [0.2, 0.25) is 5.91 Å². The lowest BCUT2D eigenvalue weighted by molar-refractivity contribution is -0.133. The van der Waals surface area contributed by atoms with Gasteiger partial charge < -0.3 is 10.5 Å². The molecule has 2 N–H and O–H groups in total. The normalized spacial score (nSPS) is 10.2. The molecule has 2 aromatic rings. The minimum Gasteiger partial charge on any atom is -0.426 e. The summed E-state index contributed by atoms with van der Waals surface area (Å²) in [6, 6.07) is 10.9. The molecule has 0 heterocycles. The number of benzene rings is 2. The van der Waals surface area contributed by atoms with Gasteiger partial charge in [-0.05, 0) is 42.0 Å². The summed E-state index contributed by atoms with van der Waals surface area (Å²) in [5.41, 5.74) is 6.17. The molecule has 0 aliphatic rings. The summed E-state index contributed by atoms with van der Waals surface area (Å²) >= 11 is 11.7. The molecule has 4 nitrogen and oxygen atoms in total. The molecule has 0 aliphatic carbocycles. The van der Waals surface area contributed by atoms with E-state index >= 15 is 0 Å². The standard InChI is InChI=1S/C15H11Cl2NO3/c16-12-6-1-9(7-13(12)17)8-14(19)21-11-4-2-10(3-5-11)15(18)20/h1-7H,8H2,(H2,18,20). The van der Waals surface area contributed by atoms with Gasteiger partial charge in [-0.2, -0.15) is 0 Å². The molecule has 0 radical (unpaired) electrons. The van der Waals surface area contributed by atoms with E-state index in [1.54, 1.807) is 18.2 Å². The average molecular weight is 324 g/mol. The summed E-state index contributed by atoms with van der Waals surface area (Å²) < 4.78 is 5.16. The molecule has 2 rings (SSSR count). The number of nitrogens with two attached hydrogens (primary N) is 1. The van der Waals surface area contributed by atoms with Crippen molar-refractivity contribution in [1.82, 2.24) is 0 Å². The predicted molar refractivity (Wildman–Crippen MR) is 80.8 cm³/mol. The minimum atomic E-state index is -0.538. The van der Waals surface area contributed by atoms with Crippen LogP contribution in [0.15, 0.2) is 42.5 Å². The van der Waals surface area contributed by atoms with E-state index in [4.69, 9.17) is 33.7 Å². The van der Waals surface area contributed by atoms with Crippen molar-refractivity contribution in [1.29, 1.82) is 0 Å². The fourth-order valence-electron chi connectivity index (χ4n) is 1.67. The van der Waals surface area contributed by atoms with Crippen LogP contribution in [0.1, 0.15) is 15.9 Å². The maximum Gasteiger partial charge on any atom is 0.315 e. The van der Waals surface area contributed by atoms with Crippen molar-refractivity contribution in [2.24, 2.45) is 5.73 Å². The second-order valence-electron chi connectivity index (χ2n) is 4.29. The smallest absolute Gasteiger partial charge is 0.315 e. The quantitative estimate of drug-likeness (QED) is 0.693. The Morgan fingerprint density at radius 3 is 2.24 bits per heavy atom. The van der Waals surface area contributed by atoms with Crippen molar-refractivity contribution < 1.29 is 14.3 Å². The zero-order valence-electron chi connectivity index (χ0n) is 10.8. The predicted octanol–water partition coefficient (Wildman–Crippen LogP) is 3.24. The second-order valence-corrected chi connectivity index (χ2v) is 5.10. The van der Waals surface area contributed by atoms with E-state index < -0.39 is 11.9 Å². The lowest BCUT2D eigenvalue weighted by Crippen LogP contribution is -2.12. The van der Waals surface area contributed by atoms with Crippen LogP contribution < -0.4 is 10.5 Å². The number of carbonyl (C=O) groups excluding carboxylic acids is 2. The summed E-state index contributed by atoms with van der Waals surface area (Å²) in [4.78, 5) is 22.7. The first-order valence-corrected chi connectivity index (χ1v) is 6.76. The number of primary amides is 1. The molecule has 0 aliphatic heterocycles. The summed E-state index contributed by atoms with van der Waals surface area (Å²) in [5.74, 6) is -0.644. The van der Waals surface area contributed by atoms with Gasteiger partial charge in [-0.1, -0.05) is 29.3 Å². The number of rotatable bonds is 4. The Balaban J connectivity index is 2.01. The summed E-state index contributed by atoms with van der Waals surface area (Å²) in [6.07, 6.45) is 0.0639. The number of amides is 1. The molecule has 6 heteroatoms. The van der Waals surface area contributed by atoms with Crippen molar-refractivity contribution >= 4 is 35.1 Å². The Labute approximate surface area is 131 Å². The van der Waals surface area contributed by atoms with Gasteiger partial charge in [0.25, 0.3) is 0 Å². The molecule has 108 valence electrons. The topological polar surface area (TPSA) is 69.4 Å². The summed E-state index contributed by atoms with van der Waals surface area (Å²) in [6.45, 7) is 0. The molecular formula is C15H11Cl2NO3. The van der Waals surface area contributed by atoms with Crippen LogP contribution in [0.3, 0.4) is 0 Å². The molecule has 0 bridgehead atoms. The Morgan fingerprint density at radius 2 is 1.67 bits per heavy atom. The van der Waals surface area contributed by atoms with Gasteiger partial charge in [-0.3, -0.25) is 9.59 Å². The lowest BCUT2D eigenvalue weighted by Gasteiger charge is -2.06. The summed E-state index contributed by atoms with van der Waals surface area (Å²) in [7, 11) is 0. The maximum atomic E-state index is 11.8. The van der Waals surface area contributed by atoms with E-state index in [1.165, 1.54) is 24.3 Å². The molecule has 1 amide bonds. The summed E-state index contributed by atoms with van der Waals surface area (Å²) in [5, 5.41) is 0.809. The number of esters is 1. The Morgan fingerprint density at radius 1 is 1.00 bits per heavy atom. The number of hydrogen-bond donors (Lipinski definition) is 1. The molecule has 0 atom stereocenters. The van der Waals surface area contributed by atoms with Crippen LogP contribution in [0.25, 0.3) is 0 Å². The molecule has 2 aromatic carbocycles. The van der Waals surface area contributed by atoms with Crippen molar-refractivity contribution in [3.63, 3.8) is 0 Å². The minimum absolute atomic E-state index is 0.0639. The average Bonchev–Trinajstić information content (AvgIpc) is 2.43. The SMILES string of the molecule is NC(=O)c1ccc(OC(=O)Cc2ccc(Cl)c(Cl)c2)cc1. The highest BCUT2D eigenvalue weighted by Gasteiger charge is 2.09. The largest absolute Gasteiger partial charge is 0.426 e. The van der Waals surface area contributed by atoms with E-state index in [0.717, 1.165) is 0 Å². The van der Waals surface area contributed by atoms with Crippen molar-refractivity contribution in [2.45, 2.75) is 6.42 Å². The Kier molecular flexibility index (Phi) is 4.83. The molecule has 0 saturated heterocycles. The van der Waals surface area contributed by atoms with Crippen LogP contribution in [0.5, 0.6) is 5.75 Å². The first-order chi connectivity index (χ1) is 9.95. The Hall–Kier alpha value is -2.04. The van der Waals surface area contributed by atoms with Crippen molar-refractivity contribution in [3.05, 3.63) is 63.6 Å². The van der Waals surface area contributed by atoms with Crippen LogP contribution in [0, 0.1) is 0 Å². The van der Waals surface area contributed by atoms with E-state index in [9.17, 15) is 9.59 Å². The van der Waals surface area contributed by atoms with Crippen LogP contribution in [-0.4, -0.2) is 11.9 Å². The van der Waals surface area contributed by atoms with E-state index in [-0.39, 0.29) is 6.42 Å². The van der Waals surface area contributed by atoms with Gasteiger partial charge in [0, 0.05) is 5.56 Å². The van der Waals surface area contributed by atoms with Gasteiger partial charge in [0.05, 0.1) is 16.5 Å². The molecule has 0 saturated carbocycles. The maximum absolute atomic E-state index is 11.8. The third-order valence-corrected chi connectivity index (χ3v) is 3.44. The highest BCUT2D eigenvalue weighted by molar-refractivity contribution is 6.42. The first-order valence-electron chi connectivity index (χ1n) is 6.00. The highest BCUT2D eigenvalue weighted by atomic mass is 35.5. The van der Waals surface area contributed by atoms with Gasteiger partial charge in [-0.25, -0.2) is 0 Å². The van der Waals surface area contributed by atoms with Gasteiger partial charge >= 0.3 is 5.97 Å². The second kappa shape index (κ2) is 6.61. The van der Waals surface area contributed by atoms with Crippen LogP contribution in [-0.2, 0) is 11.2 Å². The number of carbonyl (C=O) groups is 2. The van der Waals surface area contributed by atoms with Crippen molar-refractivity contribution in [3.8, 4) is 5.75 Å². The zero-order valence-corrected chi connectivity index (χ0v) is 12.3. The molecular weight excluding hydrogens is 313 g/mol. The fourth-order valence-corrected chi connectivity index (χ4v) is 1.99. The monoisotopic (exact) mass is 323 g/mol. The lowest BCUT2D eigenvalue weighted by atomic mass is 10.1. The molecule has 0 fully saturated rings. The Bertz CT molecular complexity index is 684. The molecule has 0 spiro atoms. The highest BCUT2D eigenvalue weighted by Crippen LogP contribution is 2.23. The van der Waals surface area contributed by atoms with Crippen LogP contribution in [0.2, 0.25) is 10.0 Å². The number of ether oxygens (including phenoxy) is 1. The number of halogens is 2. The zero-order chi connectivity index (χ0) is 15.4. The van der Waals surface area contributed by atoms with E-state index in [2.05, 4.69) is 0 Å². The fraction of sp³-hybridized carbons (Fsp3) is 0.0667. The third kappa shape index (κ3) is 4.21. The van der Waals surface area contributed by atoms with Gasteiger partial charge in [-0.15, -0.1) is 0 Å². The number of hydrogen-bond acceptors (Lipinski definition) is 3. The van der Waals surface area contributed by atoms with Crippen molar-refractivity contribution in [2.75, 3.05) is 0 Å². The first kappa shape index (κ1) is 15.4. The third-order valence-electron chi connectivity index (χ3n) is 2.70. The molecule has 0 unspecified atom stereocenters.